The minimum atomic E-state index is -0.490. The molecule has 1 heterocycles. The molecule has 1 saturated heterocycles. The topological polar surface area (TPSA) is 41.1 Å². The fraction of sp³-hybridized carbons (Fsp3) is 0.588. The van der Waals surface area contributed by atoms with Gasteiger partial charge in [0.25, 0.3) is 0 Å². The maximum Gasteiger partial charge on any atom is 0.230 e. The summed E-state index contributed by atoms with van der Waals surface area (Å²) in [6.07, 6.45) is 1.01. The van der Waals surface area contributed by atoms with Crippen LogP contribution in [0.4, 0.5) is 0 Å². The monoisotopic (exact) mass is 310 g/mol. The highest BCUT2D eigenvalue weighted by Gasteiger charge is 2.33. The van der Waals surface area contributed by atoms with Gasteiger partial charge in [0.2, 0.25) is 5.91 Å². The molecule has 4 heteroatoms. The molecule has 1 aromatic carbocycles. The zero-order valence-electron chi connectivity index (χ0n) is 13.4. The van der Waals surface area contributed by atoms with E-state index in [2.05, 4.69) is 36.6 Å². The van der Waals surface area contributed by atoms with E-state index in [1.54, 1.807) is 0 Å². The van der Waals surface area contributed by atoms with Crippen molar-refractivity contribution in [2.75, 3.05) is 13.1 Å². The number of carbonyl (C=O) groups excluding carboxylic acids is 1. The van der Waals surface area contributed by atoms with Gasteiger partial charge in [0.05, 0.1) is 5.41 Å². The van der Waals surface area contributed by atoms with Gasteiger partial charge in [0.1, 0.15) is 0 Å². The third-order valence-electron chi connectivity index (χ3n) is 4.49. The normalized spacial score (nSPS) is 22.3. The molecule has 2 unspecified atom stereocenters. The van der Waals surface area contributed by atoms with Crippen molar-refractivity contribution in [1.82, 2.24) is 10.6 Å². The molecular weight excluding hydrogens is 284 g/mol. The van der Waals surface area contributed by atoms with Crippen molar-refractivity contribution in [1.29, 1.82) is 0 Å². The Labute approximate surface area is 134 Å². The molecule has 0 bridgehead atoms. The molecule has 2 atom stereocenters. The molecule has 0 aliphatic carbocycles. The van der Waals surface area contributed by atoms with Gasteiger partial charge in [-0.25, -0.2) is 0 Å². The Hall–Kier alpha value is -1.06. The molecule has 0 saturated carbocycles. The van der Waals surface area contributed by atoms with Crippen molar-refractivity contribution in [3.8, 4) is 0 Å². The number of piperidine rings is 1. The quantitative estimate of drug-likeness (QED) is 0.901. The smallest absolute Gasteiger partial charge is 0.230 e. The van der Waals surface area contributed by atoms with Gasteiger partial charge < -0.3 is 10.6 Å². The number of hydrogen-bond donors (Lipinski definition) is 2. The highest BCUT2D eigenvalue weighted by molar-refractivity contribution is 5.88. The van der Waals surface area contributed by atoms with Crippen LogP contribution in [0.5, 0.6) is 0 Å². The van der Waals surface area contributed by atoms with Crippen LogP contribution in [0.25, 0.3) is 0 Å². The maximum absolute atomic E-state index is 12.7. The van der Waals surface area contributed by atoms with Crippen LogP contribution in [0.2, 0.25) is 0 Å². The van der Waals surface area contributed by atoms with Crippen LogP contribution in [0.1, 0.15) is 38.3 Å². The molecule has 1 aliphatic heterocycles. The van der Waals surface area contributed by atoms with E-state index in [0.717, 1.165) is 25.1 Å². The molecule has 0 spiro atoms. The first-order chi connectivity index (χ1) is 9.43. The Balaban J connectivity index is 0.00000220. The first kappa shape index (κ1) is 18.0. The zero-order valence-corrected chi connectivity index (χ0v) is 14.2. The van der Waals surface area contributed by atoms with Crippen molar-refractivity contribution in [3.05, 3.63) is 35.4 Å². The lowest BCUT2D eigenvalue weighted by Crippen LogP contribution is -2.52. The number of nitrogens with one attached hydrogen (secondary N) is 2. The van der Waals surface area contributed by atoms with E-state index in [0.29, 0.717) is 5.92 Å². The lowest BCUT2D eigenvalue weighted by molar-refractivity contribution is -0.126. The highest BCUT2D eigenvalue weighted by atomic mass is 35.5. The highest BCUT2D eigenvalue weighted by Crippen LogP contribution is 2.27. The summed E-state index contributed by atoms with van der Waals surface area (Å²) in [5.41, 5.74) is 1.79. The van der Waals surface area contributed by atoms with E-state index in [-0.39, 0.29) is 24.4 Å². The van der Waals surface area contributed by atoms with E-state index in [1.807, 2.05) is 26.0 Å². The summed E-state index contributed by atoms with van der Waals surface area (Å²) in [5, 5.41) is 6.62. The number of rotatable bonds is 3. The Morgan fingerprint density at radius 1 is 1.33 bits per heavy atom. The Morgan fingerprint density at radius 2 is 2.00 bits per heavy atom. The van der Waals surface area contributed by atoms with Crippen molar-refractivity contribution in [2.24, 2.45) is 5.92 Å². The molecule has 21 heavy (non-hydrogen) atoms. The third-order valence-corrected chi connectivity index (χ3v) is 4.49. The molecule has 1 amide bonds. The molecule has 3 nitrogen and oxygen atoms in total. The Kier molecular flexibility index (Phi) is 6.24. The van der Waals surface area contributed by atoms with Gasteiger partial charge in [-0.3, -0.25) is 4.79 Å². The van der Waals surface area contributed by atoms with Crippen molar-refractivity contribution < 1.29 is 4.79 Å². The molecule has 1 fully saturated rings. The molecule has 0 aromatic heterocycles. The van der Waals surface area contributed by atoms with Gasteiger partial charge in [-0.15, -0.1) is 12.4 Å². The molecular formula is C17H27ClN2O. The summed E-state index contributed by atoms with van der Waals surface area (Å²) < 4.78 is 0. The van der Waals surface area contributed by atoms with Gasteiger partial charge in [-0.2, -0.15) is 0 Å². The summed E-state index contributed by atoms with van der Waals surface area (Å²) in [5.74, 6) is 0.617. The number of aryl methyl sites for hydroxylation is 1. The van der Waals surface area contributed by atoms with E-state index < -0.39 is 5.41 Å². The number of halogens is 1. The van der Waals surface area contributed by atoms with Gasteiger partial charge >= 0.3 is 0 Å². The molecule has 0 radical (unpaired) electrons. The third kappa shape index (κ3) is 3.98. The average Bonchev–Trinajstić information content (AvgIpc) is 2.41. The SMILES string of the molecule is Cc1ccccc1C(C)(C)C(=O)NC1CCNCC1C.Cl. The molecule has 2 N–H and O–H groups in total. The summed E-state index contributed by atoms with van der Waals surface area (Å²) in [7, 11) is 0. The largest absolute Gasteiger partial charge is 0.352 e. The van der Waals surface area contributed by atoms with Gasteiger partial charge in [0.15, 0.2) is 0 Å². The second-order valence-corrected chi connectivity index (χ2v) is 6.49. The molecule has 118 valence electrons. The van der Waals surface area contributed by atoms with Crippen molar-refractivity contribution in [2.45, 2.75) is 45.6 Å². The van der Waals surface area contributed by atoms with Crippen molar-refractivity contribution >= 4 is 18.3 Å². The van der Waals surface area contributed by atoms with Crippen LogP contribution in [0, 0.1) is 12.8 Å². The predicted molar refractivity (Wildman–Crippen MR) is 90.0 cm³/mol. The zero-order chi connectivity index (χ0) is 14.8. The lowest BCUT2D eigenvalue weighted by atomic mass is 9.80. The van der Waals surface area contributed by atoms with Crippen LogP contribution in [-0.4, -0.2) is 25.0 Å². The van der Waals surface area contributed by atoms with Crippen LogP contribution in [-0.2, 0) is 10.2 Å². The summed E-state index contributed by atoms with van der Waals surface area (Å²) in [6, 6.07) is 8.43. The number of hydrogen-bond acceptors (Lipinski definition) is 2. The van der Waals surface area contributed by atoms with Crippen molar-refractivity contribution in [3.63, 3.8) is 0 Å². The summed E-state index contributed by atoms with van der Waals surface area (Å²) in [6.45, 7) is 10.2. The number of carbonyl (C=O) groups is 1. The maximum atomic E-state index is 12.7. The van der Waals surface area contributed by atoms with E-state index in [9.17, 15) is 4.79 Å². The van der Waals surface area contributed by atoms with Crippen LogP contribution < -0.4 is 10.6 Å². The summed E-state index contributed by atoms with van der Waals surface area (Å²) >= 11 is 0. The summed E-state index contributed by atoms with van der Waals surface area (Å²) in [4.78, 5) is 12.7. The first-order valence-electron chi connectivity index (χ1n) is 7.50. The second kappa shape index (κ2) is 7.28. The van der Waals surface area contributed by atoms with Crippen LogP contribution >= 0.6 is 12.4 Å². The Morgan fingerprint density at radius 3 is 2.62 bits per heavy atom. The van der Waals surface area contributed by atoms with Gasteiger partial charge in [-0.05, 0) is 57.3 Å². The molecule has 2 rings (SSSR count). The average molecular weight is 311 g/mol. The Bertz CT molecular complexity index is 487. The van der Waals surface area contributed by atoms with Gasteiger partial charge in [0, 0.05) is 6.04 Å². The lowest BCUT2D eigenvalue weighted by Gasteiger charge is -2.34. The minimum absolute atomic E-state index is 0. The number of benzene rings is 1. The molecule has 1 aliphatic rings. The fourth-order valence-corrected chi connectivity index (χ4v) is 2.97. The fourth-order valence-electron chi connectivity index (χ4n) is 2.97. The molecule has 1 aromatic rings. The van der Waals surface area contributed by atoms with E-state index >= 15 is 0 Å². The first-order valence-corrected chi connectivity index (χ1v) is 7.50. The number of amides is 1. The van der Waals surface area contributed by atoms with Crippen LogP contribution in [0.15, 0.2) is 24.3 Å². The van der Waals surface area contributed by atoms with Gasteiger partial charge in [-0.1, -0.05) is 31.2 Å². The van der Waals surface area contributed by atoms with E-state index in [1.165, 1.54) is 5.56 Å². The predicted octanol–water partition coefficient (Wildman–Crippen LogP) is 2.81. The second-order valence-electron chi connectivity index (χ2n) is 6.49. The van der Waals surface area contributed by atoms with Crippen LogP contribution in [0.3, 0.4) is 0 Å². The standard InChI is InChI=1S/C17H26N2O.ClH/c1-12-7-5-6-8-14(12)17(3,4)16(20)19-15-9-10-18-11-13(15)2;/h5-8,13,15,18H,9-11H2,1-4H3,(H,19,20);1H. The minimum Gasteiger partial charge on any atom is -0.352 e. The van der Waals surface area contributed by atoms with E-state index in [4.69, 9.17) is 0 Å².